The van der Waals surface area contributed by atoms with Crippen LogP contribution in [0.2, 0.25) is 5.02 Å². The summed E-state index contributed by atoms with van der Waals surface area (Å²) in [6, 6.07) is 8.96. The average molecular weight is 293 g/mol. The lowest BCUT2D eigenvalue weighted by molar-refractivity contribution is 0.176. The van der Waals surface area contributed by atoms with E-state index in [4.69, 9.17) is 16.1 Å². The van der Waals surface area contributed by atoms with Gasteiger partial charge in [0.1, 0.15) is 10.7 Å². The number of aliphatic hydroxyl groups excluding tert-OH is 1. The van der Waals surface area contributed by atoms with Gasteiger partial charge in [0, 0.05) is 28.2 Å². The Balaban J connectivity index is 1.89. The normalized spacial score (nSPS) is 12.5. The monoisotopic (exact) mass is 292 g/mol. The molecule has 4 nitrogen and oxygen atoms in total. The van der Waals surface area contributed by atoms with Gasteiger partial charge < -0.3 is 9.63 Å². The smallest absolute Gasteiger partial charge is 0.172 e. The zero-order valence-electron chi connectivity index (χ0n) is 9.65. The molecule has 19 heavy (non-hydrogen) atoms. The second-order valence-electron chi connectivity index (χ2n) is 3.89. The molecule has 0 radical (unpaired) electrons. The minimum atomic E-state index is -0.881. The summed E-state index contributed by atoms with van der Waals surface area (Å²) in [5, 5.41) is 17.1. The number of aliphatic hydroxyl groups is 1. The molecule has 0 aliphatic carbocycles. The Morgan fingerprint density at radius 2 is 2.05 bits per heavy atom. The predicted octanol–water partition coefficient (Wildman–Crippen LogP) is 3.53. The van der Waals surface area contributed by atoms with Gasteiger partial charge in [-0.25, -0.2) is 4.98 Å². The molecule has 96 valence electrons. The van der Waals surface area contributed by atoms with Crippen LogP contribution >= 0.6 is 22.9 Å². The van der Waals surface area contributed by atoms with E-state index >= 15 is 0 Å². The van der Waals surface area contributed by atoms with Gasteiger partial charge in [0.2, 0.25) is 0 Å². The van der Waals surface area contributed by atoms with Crippen molar-refractivity contribution >= 4 is 22.9 Å². The van der Waals surface area contributed by atoms with Crippen molar-refractivity contribution in [2.24, 2.45) is 0 Å². The van der Waals surface area contributed by atoms with Gasteiger partial charge in [-0.1, -0.05) is 28.9 Å². The third-order valence-corrected chi connectivity index (χ3v) is 3.70. The topological polar surface area (TPSA) is 59.2 Å². The van der Waals surface area contributed by atoms with Crippen LogP contribution in [0.15, 0.2) is 46.4 Å². The summed E-state index contributed by atoms with van der Waals surface area (Å²) < 4.78 is 5.17. The van der Waals surface area contributed by atoms with Crippen molar-refractivity contribution in [2.75, 3.05) is 0 Å². The van der Waals surface area contributed by atoms with Crippen molar-refractivity contribution in [1.82, 2.24) is 10.1 Å². The van der Waals surface area contributed by atoms with E-state index in [0.29, 0.717) is 21.5 Å². The molecule has 3 aromatic rings. The number of hydrogen-bond acceptors (Lipinski definition) is 5. The first-order valence-electron chi connectivity index (χ1n) is 5.54. The van der Waals surface area contributed by atoms with Gasteiger partial charge in [0.25, 0.3) is 0 Å². The molecule has 6 heteroatoms. The standard InChI is InChI=1S/C13H9ClN2O2S/c14-9-3-1-8(2-4-9)10-7-11(18-16-10)12(17)13-15-5-6-19-13/h1-7,12,17H. The second-order valence-corrected chi connectivity index (χ2v) is 5.26. The van der Waals surface area contributed by atoms with E-state index in [0.717, 1.165) is 5.56 Å². The minimum absolute atomic E-state index is 0.375. The summed E-state index contributed by atoms with van der Waals surface area (Å²) in [4.78, 5) is 4.05. The summed E-state index contributed by atoms with van der Waals surface area (Å²) in [6.07, 6.45) is 0.758. The summed E-state index contributed by atoms with van der Waals surface area (Å²) in [7, 11) is 0. The van der Waals surface area contributed by atoms with E-state index in [2.05, 4.69) is 10.1 Å². The van der Waals surface area contributed by atoms with Crippen LogP contribution in [-0.4, -0.2) is 15.2 Å². The number of hydrogen-bond donors (Lipinski definition) is 1. The summed E-state index contributed by atoms with van der Waals surface area (Å²) >= 11 is 7.20. The highest BCUT2D eigenvalue weighted by atomic mass is 35.5. The minimum Gasteiger partial charge on any atom is -0.378 e. The summed E-state index contributed by atoms with van der Waals surface area (Å²) in [6.45, 7) is 0. The highest BCUT2D eigenvalue weighted by Gasteiger charge is 2.18. The fourth-order valence-electron chi connectivity index (χ4n) is 1.67. The zero-order valence-corrected chi connectivity index (χ0v) is 11.2. The van der Waals surface area contributed by atoms with Gasteiger partial charge in [0.15, 0.2) is 11.9 Å². The van der Waals surface area contributed by atoms with E-state index in [1.165, 1.54) is 11.3 Å². The van der Waals surface area contributed by atoms with Crippen LogP contribution in [0.1, 0.15) is 16.9 Å². The lowest BCUT2D eigenvalue weighted by Gasteiger charge is -2.00. The van der Waals surface area contributed by atoms with E-state index in [9.17, 15) is 5.11 Å². The van der Waals surface area contributed by atoms with Crippen molar-refractivity contribution in [3.8, 4) is 11.3 Å². The molecule has 1 aromatic carbocycles. The molecule has 1 N–H and O–H groups in total. The van der Waals surface area contributed by atoms with Crippen molar-refractivity contribution in [2.45, 2.75) is 6.10 Å². The van der Waals surface area contributed by atoms with Crippen LogP contribution in [0, 0.1) is 0 Å². The van der Waals surface area contributed by atoms with Crippen LogP contribution in [0.5, 0.6) is 0 Å². The fraction of sp³-hybridized carbons (Fsp3) is 0.0769. The molecule has 0 saturated carbocycles. The first-order valence-corrected chi connectivity index (χ1v) is 6.80. The first-order chi connectivity index (χ1) is 9.24. The molecule has 0 bridgehead atoms. The Hall–Kier alpha value is -1.69. The van der Waals surface area contributed by atoms with Crippen molar-refractivity contribution in [3.05, 3.63) is 57.7 Å². The highest BCUT2D eigenvalue weighted by Crippen LogP contribution is 2.28. The lowest BCUT2D eigenvalue weighted by Crippen LogP contribution is -1.96. The molecule has 0 fully saturated rings. The van der Waals surface area contributed by atoms with Gasteiger partial charge in [-0.05, 0) is 12.1 Å². The number of rotatable bonds is 3. The Kier molecular flexibility index (Phi) is 3.33. The van der Waals surface area contributed by atoms with E-state index < -0.39 is 6.10 Å². The maximum atomic E-state index is 10.1. The molecule has 0 aliphatic heterocycles. The molecule has 0 amide bonds. The number of nitrogens with zero attached hydrogens (tertiary/aromatic N) is 2. The Bertz CT molecular complexity index is 664. The molecule has 1 atom stereocenters. The molecule has 2 heterocycles. The van der Waals surface area contributed by atoms with E-state index in [1.54, 1.807) is 29.8 Å². The number of thiazole rings is 1. The number of aromatic nitrogens is 2. The van der Waals surface area contributed by atoms with Crippen LogP contribution in [0.25, 0.3) is 11.3 Å². The quantitative estimate of drug-likeness (QED) is 0.802. The molecular weight excluding hydrogens is 284 g/mol. The third kappa shape index (κ3) is 2.53. The summed E-state index contributed by atoms with van der Waals surface area (Å²) in [5.41, 5.74) is 1.54. The van der Waals surface area contributed by atoms with Crippen molar-refractivity contribution in [3.63, 3.8) is 0 Å². The van der Waals surface area contributed by atoms with Gasteiger partial charge >= 0.3 is 0 Å². The van der Waals surface area contributed by atoms with Crippen molar-refractivity contribution < 1.29 is 9.63 Å². The maximum Gasteiger partial charge on any atom is 0.172 e. The van der Waals surface area contributed by atoms with Gasteiger partial charge in [-0.2, -0.15) is 0 Å². The van der Waals surface area contributed by atoms with E-state index in [1.807, 2.05) is 12.1 Å². The Morgan fingerprint density at radius 1 is 1.26 bits per heavy atom. The number of halogens is 1. The predicted molar refractivity (Wildman–Crippen MR) is 73.1 cm³/mol. The van der Waals surface area contributed by atoms with Gasteiger partial charge in [0.05, 0.1) is 0 Å². The second kappa shape index (κ2) is 5.13. The molecule has 0 saturated heterocycles. The number of benzene rings is 1. The SMILES string of the molecule is OC(c1cc(-c2ccc(Cl)cc2)no1)c1nccs1. The van der Waals surface area contributed by atoms with Crippen LogP contribution < -0.4 is 0 Å². The Morgan fingerprint density at radius 3 is 2.74 bits per heavy atom. The van der Waals surface area contributed by atoms with Crippen LogP contribution in [0.3, 0.4) is 0 Å². The maximum absolute atomic E-state index is 10.1. The van der Waals surface area contributed by atoms with Crippen LogP contribution in [-0.2, 0) is 0 Å². The molecular formula is C13H9ClN2O2S. The molecule has 1 unspecified atom stereocenters. The molecule has 0 spiro atoms. The Labute approximate surface area is 118 Å². The summed E-state index contributed by atoms with van der Waals surface area (Å²) in [5.74, 6) is 0.375. The fourth-order valence-corrected chi connectivity index (χ4v) is 2.42. The van der Waals surface area contributed by atoms with Crippen molar-refractivity contribution in [1.29, 1.82) is 0 Å². The van der Waals surface area contributed by atoms with Crippen LogP contribution in [0.4, 0.5) is 0 Å². The lowest BCUT2D eigenvalue weighted by atomic mass is 10.1. The zero-order chi connectivity index (χ0) is 13.2. The molecule has 3 rings (SSSR count). The van der Waals surface area contributed by atoms with Gasteiger partial charge in [-0.15, -0.1) is 11.3 Å². The molecule has 2 aromatic heterocycles. The average Bonchev–Trinajstić information content (AvgIpc) is 3.10. The van der Waals surface area contributed by atoms with E-state index in [-0.39, 0.29) is 0 Å². The third-order valence-electron chi connectivity index (χ3n) is 2.62. The first kappa shape index (κ1) is 12.3. The van der Waals surface area contributed by atoms with Gasteiger partial charge in [-0.3, -0.25) is 0 Å². The highest BCUT2D eigenvalue weighted by molar-refractivity contribution is 7.09. The molecule has 0 aliphatic rings. The largest absolute Gasteiger partial charge is 0.378 e.